The Balaban J connectivity index is 0.000000186. The predicted octanol–water partition coefficient (Wildman–Crippen LogP) is 5.26. The van der Waals surface area contributed by atoms with Crippen molar-refractivity contribution in [2.75, 3.05) is 5.73 Å². The molecule has 1 heteroatoms. The largest absolute Gasteiger partial charge is 0.398 e. The van der Waals surface area contributed by atoms with Crippen LogP contribution in [0.25, 0.3) is 21.5 Å². The SMILES string of the molecule is Nc1cccc2cc3ccccc3cc12.c1ccccc1. The van der Waals surface area contributed by atoms with E-state index in [4.69, 9.17) is 5.73 Å². The average Bonchev–Trinajstić information content (AvgIpc) is 2.56. The highest BCUT2D eigenvalue weighted by Gasteiger charge is 1.99. The van der Waals surface area contributed by atoms with E-state index in [1.165, 1.54) is 16.2 Å². The number of nitrogen functional groups attached to an aromatic ring is 1. The molecule has 0 saturated heterocycles. The summed E-state index contributed by atoms with van der Waals surface area (Å²) in [5.41, 5.74) is 6.79. The molecular weight excluding hydrogens is 254 g/mol. The summed E-state index contributed by atoms with van der Waals surface area (Å²) in [4.78, 5) is 0. The summed E-state index contributed by atoms with van der Waals surface area (Å²) in [6.45, 7) is 0. The fraction of sp³-hybridized carbons (Fsp3) is 0. The van der Waals surface area contributed by atoms with Crippen LogP contribution in [0.5, 0.6) is 0 Å². The van der Waals surface area contributed by atoms with Gasteiger partial charge in [0.2, 0.25) is 0 Å². The first-order chi connectivity index (χ1) is 10.3. The van der Waals surface area contributed by atoms with Crippen molar-refractivity contribution in [2.24, 2.45) is 0 Å². The highest BCUT2D eigenvalue weighted by molar-refractivity contribution is 6.03. The Bertz CT molecular complexity index is 824. The second-order valence-corrected chi connectivity index (χ2v) is 4.92. The van der Waals surface area contributed by atoms with E-state index in [0.717, 1.165) is 11.1 Å². The average molecular weight is 271 g/mol. The van der Waals surface area contributed by atoms with Crippen molar-refractivity contribution < 1.29 is 0 Å². The molecule has 2 N–H and O–H groups in total. The van der Waals surface area contributed by atoms with Gasteiger partial charge in [-0.05, 0) is 34.4 Å². The summed E-state index contributed by atoms with van der Waals surface area (Å²) in [7, 11) is 0. The van der Waals surface area contributed by atoms with Crippen molar-refractivity contribution in [1.82, 2.24) is 0 Å². The van der Waals surface area contributed by atoms with Crippen LogP contribution >= 0.6 is 0 Å². The van der Waals surface area contributed by atoms with Gasteiger partial charge in [0.25, 0.3) is 0 Å². The molecule has 0 saturated carbocycles. The van der Waals surface area contributed by atoms with Crippen molar-refractivity contribution >= 4 is 27.2 Å². The van der Waals surface area contributed by atoms with Crippen LogP contribution in [0.3, 0.4) is 0 Å². The minimum Gasteiger partial charge on any atom is -0.398 e. The summed E-state index contributed by atoms with van der Waals surface area (Å²) in [6.07, 6.45) is 0. The number of rotatable bonds is 0. The topological polar surface area (TPSA) is 26.0 Å². The number of anilines is 1. The van der Waals surface area contributed by atoms with Crippen LogP contribution in [0.2, 0.25) is 0 Å². The lowest BCUT2D eigenvalue weighted by atomic mass is 10.0. The maximum atomic E-state index is 5.95. The number of nitrogens with two attached hydrogens (primary N) is 1. The molecule has 0 amide bonds. The lowest BCUT2D eigenvalue weighted by Crippen LogP contribution is -1.86. The van der Waals surface area contributed by atoms with Crippen molar-refractivity contribution in [3.63, 3.8) is 0 Å². The summed E-state index contributed by atoms with van der Waals surface area (Å²) < 4.78 is 0. The third kappa shape index (κ3) is 3.03. The molecule has 0 fully saturated rings. The maximum absolute atomic E-state index is 5.95. The molecule has 0 aliphatic rings. The summed E-state index contributed by atoms with van der Waals surface area (Å²) in [5, 5.41) is 4.84. The van der Waals surface area contributed by atoms with Crippen molar-refractivity contribution in [2.45, 2.75) is 0 Å². The monoisotopic (exact) mass is 271 g/mol. The second-order valence-electron chi connectivity index (χ2n) is 4.92. The molecule has 0 radical (unpaired) electrons. The molecule has 0 spiro atoms. The summed E-state index contributed by atoms with van der Waals surface area (Å²) >= 11 is 0. The van der Waals surface area contributed by atoms with Crippen LogP contribution in [0.4, 0.5) is 5.69 Å². The first kappa shape index (κ1) is 13.2. The van der Waals surface area contributed by atoms with E-state index < -0.39 is 0 Å². The van der Waals surface area contributed by atoms with Gasteiger partial charge in [0.1, 0.15) is 0 Å². The van der Waals surface area contributed by atoms with Crippen LogP contribution in [0.15, 0.2) is 91.0 Å². The van der Waals surface area contributed by atoms with Gasteiger partial charge in [-0.25, -0.2) is 0 Å². The Morgan fingerprint density at radius 2 is 1.00 bits per heavy atom. The van der Waals surface area contributed by atoms with Crippen molar-refractivity contribution in [3.05, 3.63) is 91.0 Å². The number of fused-ring (bicyclic) bond motifs is 2. The Kier molecular flexibility index (Phi) is 3.83. The molecule has 1 nitrogen and oxygen atoms in total. The van der Waals surface area contributed by atoms with Gasteiger partial charge < -0.3 is 5.73 Å². The second kappa shape index (κ2) is 6.10. The molecule has 0 atom stereocenters. The van der Waals surface area contributed by atoms with Crippen LogP contribution in [0, 0.1) is 0 Å². The highest BCUT2D eigenvalue weighted by atomic mass is 14.5. The Hall–Kier alpha value is -2.80. The Morgan fingerprint density at radius 1 is 0.476 bits per heavy atom. The Morgan fingerprint density at radius 3 is 1.62 bits per heavy atom. The quantitative estimate of drug-likeness (QED) is 0.342. The first-order valence-corrected chi connectivity index (χ1v) is 7.01. The predicted molar refractivity (Wildman–Crippen MR) is 92.3 cm³/mol. The van der Waals surface area contributed by atoms with E-state index >= 15 is 0 Å². The lowest BCUT2D eigenvalue weighted by Gasteiger charge is -2.04. The van der Waals surface area contributed by atoms with Gasteiger partial charge in [0.05, 0.1) is 0 Å². The van der Waals surface area contributed by atoms with Gasteiger partial charge in [-0.15, -0.1) is 0 Å². The Labute approximate surface area is 124 Å². The third-order valence-electron chi connectivity index (χ3n) is 3.45. The van der Waals surface area contributed by atoms with Crippen molar-refractivity contribution in [1.29, 1.82) is 0 Å². The zero-order valence-electron chi connectivity index (χ0n) is 11.7. The van der Waals surface area contributed by atoms with Gasteiger partial charge in [0.15, 0.2) is 0 Å². The summed E-state index contributed by atoms with van der Waals surface area (Å²) in [6, 6.07) is 30.7. The van der Waals surface area contributed by atoms with Gasteiger partial charge in [-0.2, -0.15) is 0 Å². The van der Waals surface area contributed by atoms with Gasteiger partial charge in [0, 0.05) is 11.1 Å². The van der Waals surface area contributed by atoms with Crippen LogP contribution in [-0.2, 0) is 0 Å². The maximum Gasteiger partial charge on any atom is 0.0393 e. The highest BCUT2D eigenvalue weighted by Crippen LogP contribution is 2.26. The molecule has 4 aromatic rings. The van der Waals surface area contributed by atoms with E-state index in [-0.39, 0.29) is 0 Å². The van der Waals surface area contributed by atoms with Crippen molar-refractivity contribution in [3.8, 4) is 0 Å². The van der Waals surface area contributed by atoms with E-state index in [1.54, 1.807) is 0 Å². The molecule has 0 aliphatic heterocycles. The molecule has 0 unspecified atom stereocenters. The molecular formula is C20H17N. The number of hydrogen-bond donors (Lipinski definition) is 1. The molecule has 4 rings (SSSR count). The van der Waals surface area contributed by atoms with Gasteiger partial charge in [-0.1, -0.05) is 72.8 Å². The molecule has 4 aromatic carbocycles. The molecule has 0 aliphatic carbocycles. The minimum atomic E-state index is 0.846. The minimum absolute atomic E-state index is 0.846. The molecule has 21 heavy (non-hydrogen) atoms. The van der Waals surface area contributed by atoms with Crippen LogP contribution in [0.1, 0.15) is 0 Å². The molecule has 0 heterocycles. The van der Waals surface area contributed by atoms with E-state index in [2.05, 4.69) is 36.4 Å². The smallest absolute Gasteiger partial charge is 0.0393 e. The van der Waals surface area contributed by atoms with E-state index in [0.29, 0.717) is 0 Å². The summed E-state index contributed by atoms with van der Waals surface area (Å²) in [5.74, 6) is 0. The van der Waals surface area contributed by atoms with Crippen LogP contribution < -0.4 is 5.73 Å². The molecule has 0 bridgehead atoms. The fourth-order valence-electron chi connectivity index (χ4n) is 2.38. The zero-order chi connectivity index (χ0) is 14.5. The van der Waals surface area contributed by atoms with E-state index in [9.17, 15) is 0 Å². The standard InChI is InChI=1S/C14H11N.C6H6/c15-14-7-3-6-12-8-10-4-1-2-5-11(10)9-13(12)14;1-2-4-6-5-3-1/h1-9H,15H2;1-6H. The molecule has 0 aromatic heterocycles. The van der Waals surface area contributed by atoms with Gasteiger partial charge >= 0.3 is 0 Å². The zero-order valence-corrected chi connectivity index (χ0v) is 11.7. The normalized spacial score (nSPS) is 10.1. The fourth-order valence-corrected chi connectivity index (χ4v) is 2.38. The van der Waals surface area contributed by atoms with E-state index in [1.807, 2.05) is 54.6 Å². The van der Waals surface area contributed by atoms with Crippen LogP contribution in [-0.4, -0.2) is 0 Å². The molecule has 102 valence electrons. The number of hydrogen-bond acceptors (Lipinski definition) is 1. The third-order valence-corrected chi connectivity index (χ3v) is 3.45. The lowest BCUT2D eigenvalue weighted by molar-refractivity contribution is 1.72. The first-order valence-electron chi connectivity index (χ1n) is 7.01. The number of benzene rings is 4. The van der Waals surface area contributed by atoms with Gasteiger partial charge in [-0.3, -0.25) is 0 Å².